The van der Waals surface area contributed by atoms with Gasteiger partial charge in [-0.15, -0.1) is 0 Å². The van der Waals surface area contributed by atoms with E-state index in [1.807, 2.05) is 31.2 Å². The quantitative estimate of drug-likeness (QED) is 0.409. The largest absolute Gasteiger partial charge is 0.385 e. The third kappa shape index (κ3) is 6.68. The number of benzene rings is 1. The Morgan fingerprint density at radius 3 is 2.60 bits per heavy atom. The van der Waals surface area contributed by atoms with Crippen LogP contribution in [0, 0.1) is 0 Å². The van der Waals surface area contributed by atoms with Gasteiger partial charge in [0.2, 0.25) is 0 Å². The van der Waals surface area contributed by atoms with E-state index in [0.717, 1.165) is 41.9 Å². The molecule has 30 heavy (non-hydrogen) atoms. The second kappa shape index (κ2) is 12.1. The van der Waals surface area contributed by atoms with Gasteiger partial charge in [-0.25, -0.2) is 4.98 Å². The lowest BCUT2D eigenvalue weighted by atomic mass is 9.95. The molecule has 0 aliphatic heterocycles. The number of hydrogen-bond acceptors (Lipinski definition) is 5. The van der Waals surface area contributed by atoms with Gasteiger partial charge in [-0.3, -0.25) is 4.79 Å². The molecule has 2 aromatic rings. The third-order valence-electron chi connectivity index (χ3n) is 4.97. The highest BCUT2D eigenvalue weighted by molar-refractivity contribution is 5.93. The first-order valence-electron chi connectivity index (χ1n) is 10.4. The second-order valence-corrected chi connectivity index (χ2v) is 7.05. The number of pyridine rings is 1. The standard InChI is InChI=1S/C24H33N3O3/c1-6-30-23(29-5)13-10-14-26-18(3)20-15-21(27-22(16-20)24(28)25-4)17(2)19-11-8-7-9-12-19/h7-9,11-12,15-17,23,26H,3,6,10,13-14H2,1-2,4-5H3,(H,25,28). The molecule has 1 heterocycles. The van der Waals surface area contributed by atoms with Crippen molar-refractivity contribution in [3.05, 3.63) is 71.6 Å². The van der Waals surface area contributed by atoms with Crippen LogP contribution in [0.1, 0.15) is 59.9 Å². The molecule has 2 N–H and O–H groups in total. The van der Waals surface area contributed by atoms with Gasteiger partial charge >= 0.3 is 0 Å². The summed E-state index contributed by atoms with van der Waals surface area (Å²) in [6.45, 7) is 9.56. The number of carbonyl (C=O) groups is 1. The molecule has 0 aliphatic carbocycles. The minimum atomic E-state index is -0.217. The maximum atomic E-state index is 12.3. The minimum Gasteiger partial charge on any atom is -0.385 e. The van der Waals surface area contributed by atoms with E-state index >= 15 is 0 Å². The van der Waals surface area contributed by atoms with Crippen molar-refractivity contribution in [2.75, 3.05) is 27.3 Å². The lowest BCUT2D eigenvalue weighted by molar-refractivity contribution is -0.124. The van der Waals surface area contributed by atoms with E-state index in [4.69, 9.17) is 9.47 Å². The molecular weight excluding hydrogens is 378 g/mol. The van der Waals surface area contributed by atoms with Gasteiger partial charge in [0.25, 0.3) is 5.91 Å². The van der Waals surface area contributed by atoms with Gasteiger partial charge < -0.3 is 20.1 Å². The molecule has 0 saturated heterocycles. The molecule has 0 aliphatic rings. The van der Waals surface area contributed by atoms with Crippen LogP contribution in [0.3, 0.4) is 0 Å². The molecule has 1 aromatic carbocycles. The summed E-state index contributed by atoms with van der Waals surface area (Å²) in [5, 5.41) is 6.00. The Morgan fingerprint density at radius 2 is 1.97 bits per heavy atom. The summed E-state index contributed by atoms with van der Waals surface area (Å²) in [6.07, 6.45) is 1.48. The number of aromatic nitrogens is 1. The Hall–Kier alpha value is -2.70. The lowest BCUT2D eigenvalue weighted by Crippen LogP contribution is -2.22. The summed E-state index contributed by atoms with van der Waals surface area (Å²) < 4.78 is 10.8. The van der Waals surface area contributed by atoms with Crippen LogP contribution in [0.2, 0.25) is 0 Å². The fourth-order valence-electron chi connectivity index (χ4n) is 3.17. The fraction of sp³-hybridized carbons (Fsp3) is 0.417. The van der Waals surface area contributed by atoms with Gasteiger partial charge in [0.1, 0.15) is 5.69 Å². The summed E-state index contributed by atoms with van der Waals surface area (Å²) in [4.78, 5) is 16.9. The number of rotatable bonds is 12. The van der Waals surface area contributed by atoms with Crippen LogP contribution in [0.4, 0.5) is 0 Å². The Kier molecular flexibility index (Phi) is 9.51. The highest BCUT2D eigenvalue weighted by atomic mass is 16.7. The number of nitrogens with zero attached hydrogens (tertiary/aromatic N) is 1. The summed E-state index contributed by atoms with van der Waals surface area (Å²) >= 11 is 0. The zero-order valence-corrected chi connectivity index (χ0v) is 18.4. The van der Waals surface area contributed by atoms with Crippen molar-refractivity contribution in [2.24, 2.45) is 0 Å². The number of amides is 1. The van der Waals surface area contributed by atoms with Crippen LogP contribution in [-0.4, -0.2) is 44.5 Å². The van der Waals surface area contributed by atoms with Crippen molar-refractivity contribution < 1.29 is 14.3 Å². The molecule has 1 amide bonds. The summed E-state index contributed by atoms with van der Waals surface area (Å²) in [5.41, 5.74) is 3.97. The number of ether oxygens (including phenoxy) is 2. The van der Waals surface area contributed by atoms with Crippen molar-refractivity contribution in [3.8, 4) is 0 Å². The molecule has 2 atom stereocenters. The molecule has 162 valence electrons. The smallest absolute Gasteiger partial charge is 0.269 e. The number of hydrogen-bond donors (Lipinski definition) is 2. The third-order valence-corrected chi connectivity index (χ3v) is 4.97. The minimum absolute atomic E-state index is 0.0519. The van der Waals surface area contributed by atoms with Crippen LogP contribution < -0.4 is 10.6 Å². The molecule has 0 saturated carbocycles. The second-order valence-electron chi connectivity index (χ2n) is 7.05. The van der Waals surface area contributed by atoms with Gasteiger partial charge in [0, 0.05) is 56.6 Å². The molecule has 2 unspecified atom stereocenters. The molecule has 6 nitrogen and oxygen atoms in total. The monoisotopic (exact) mass is 411 g/mol. The normalized spacial score (nSPS) is 12.8. The highest BCUT2D eigenvalue weighted by Gasteiger charge is 2.16. The van der Waals surface area contributed by atoms with E-state index in [1.165, 1.54) is 0 Å². The van der Waals surface area contributed by atoms with Gasteiger partial charge in [0.05, 0.1) is 0 Å². The predicted octanol–water partition coefficient (Wildman–Crippen LogP) is 3.94. The Balaban J connectivity index is 2.14. The fourth-order valence-corrected chi connectivity index (χ4v) is 3.17. The SMILES string of the molecule is C=C(NCCCC(OC)OCC)c1cc(C(=O)NC)nc(C(C)c2ccccc2)c1. The van der Waals surface area contributed by atoms with Crippen molar-refractivity contribution in [1.29, 1.82) is 0 Å². The Morgan fingerprint density at radius 1 is 1.23 bits per heavy atom. The number of nitrogens with one attached hydrogen (secondary N) is 2. The van der Waals surface area contributed by atoms with E-state index < -0.39 is 0 Å². The van der Waals surface area contributed by atoms with Gasteiger partial charge in [-0.1, -0.05) is 43.8 Å². The van der Waals surface area contributed by atoms with E-state index in [-0.39, 0.29) is 18.1 Å². The summed E-state index contributed by atoms with van der Waals surface area (Å²) in [7, 11) is 3.26. The first-order chi connectivity index (χ1) is 14.5. The Bertz CT molecular complexity index is 824. The molecule has 0 spiro atoms. The molecule has 2 rings (SSSR count). The van der Waals surface area contributed by atoms with Gasteiger partial charge in [-0.05, 0) is 31.0 Å². The van der Waals surface area contributed by atoms with Gasteiger partial charge in [0.15, 0.2) is 6.29 Å². The zero-order valence-electron chi connectivity index (χ0n) is 18.4. The van der Waals surface area contributed by atoms with E-state index in [9.17, 15) is 4.79 Å². The average molecular weight is 412 g/mol. The topological polar surface area (TPSA) is 72.5 Å². The number of carbonyl (C=O) groups excluding carboxylic acids is 1. The summed E-state index contributed by atoms with van der Waals surface area (Å²) in [6, 6.07) is 13.9. The first kappa shape index (κ1) is 23.6. The van der Waals surface area contributed by atoms with Crippen molar-refractivity contribution in [1.82, 2.24) is 15.6 Å². The van der Waals surface area contributed by atoms with Gasteiger partial charge in [-0.2, -0.15) is 0 Å². The van der Waals surface area contributed by atoms with Crippen molar-refractivity contribution in [3.63, 3.8) is 0 Å². The number of methoxy groups -OCH3 is 1. The molecule has 0 fully saturated rings. The van der Waals surface area contributed by atoms with E-state index in [2.05, 4.69) is 41.3 Å². The molecule has 0 radical (unpaired) electrons. The van der Waals surface area contributed by atoms with Crippen LogP contribution in [0.5, 0.6) is 0 Å². The lowest BCUT2D eigenvalue weighted by Gasteiger charge is -2.17. The molecular formula is C24H33N3O3. The van der Waals surface area contributed by atoms with Crippen LogP contribution in [0.25, 0.3) is 5.70 Å². The van der Waals surface area contributed by atoms with Crippen molar-refractivity contribution >= 4 is 11.6 Å². The molecule has 6 heteroatoms. The Labute approximate surface area is 179 Å². The highest BCUT2D eigenvalue weighted by Crippen LogP contribution is 2.25. The first-order valence-corrected chi connectivity index (χ1v) is 10.4. The van der Waals surface area contributed by atoms with Crippen LogP contribution in [0.15, 0.2) is 49.0 Å². The van der Waals surface area contributed by atoms with Crippen LogP contribution in [-0.2, 0) is 9.47 Å². The van der Waals surface area contributed by atoms with E-state index in [0.29, 0.717) is 12.3 Å². The van der Waals surface area contributed by atoms with Crippen molar-refractivity contribution in [2.45, 2.75) is 38.9 Å². The average Bonchev–Trinajstić information content (AvgIpc) is 2.80. The maximum Gasteiger partial charge on any atom is 0.269 e. The zero-order chi connectivity index (χ0) is 21.9. The van der Waals surface area contributed by atoms with E-state index in [1.54, 1.807) is 20.2 Å². The predicted molar refractivity (Wildman–Crippen MR) is 120 cm³/mol. The summed E-state index contributed by atoms with van der Waals surface area (Å²) in [5.74, 6) is -0.165. The maximum absolute atomic E-state index is 12.3. The molecule has 0 bridgehead atoms. The van der Waals surface area contributed by atoms with Crippen LogP contribution >= 0.6 is 0 Å². The molecule has 1 aromatic heterocycles.